The lowest BCUT2D eigenvalue weighted by atomic mass is 10.2. The molecule has 0 atom stereocenters. The summed E-state index contributed by atoms with van der Waals surface area (Å²) < 4.78 is 9.89. The molecule has 0 fully saturated rings. The largest absolute Gasteiger partial charge is 0.467 e. The van der Waals surface area contributed by atoms with Crippen molar-refractivity contribution in [2.24, 2.45) is 0 Å². The van der Waals surface area contributed by atoms with Crippen molar-refractivity contribution in [2.45, 2.75) is 6.54 Å². The molecule has 0 radical (unpaired) electrons. The summed E-state index contributed by atoms with van der Waals surface area (Å²) in [5, 5.41) is 3.19. The maximum absolute atomic E-state index is 11.5. The third kappa shape index (κ3) is 5.46. The Kier molecular flexibility index (Phi) is 5.80. The van der Waals surface area contributed by atoms with Crippen LogP contribution in [-0.2, 0) is 20.9 Å². The fraction of sp³-hybridized carbons (Fsp3) is 0.125. The number of ether oxygens (including phenoxy) is 1. The van der Waals surface area contributed by atoms with Crippen molar-refractivity contribution in [1.29, 1.82) is 0 Å². The van der Waals surface area contributed by atoms with Gasteiger partial charge in [0, 0.05) is 11.1 Å². The van der Waals surface area contributed by atoms with E-state index in [1.807, 2.05) is 0 Å². The van der Waals surface area contributed by atoms with Crippen molar-refractivity contribution in [3.05, 3.63) is 65.1 Å². The second-order valence-electron chi connectivity index (χ2n) is 4.35. The fourth-order valence-electron chi connectivity index (χ4n) is 1.57. The minimum absolute atomic E-state index is 0.254. The maximum Gasteiger partial charge on any atom is 0.331 e. The number of hydrogen-bond acceptors (Lipinski definition) is 4. The van der Waals surface area contributed by atoms with Crippen molar-refractivity contribution in [3.8, 4) is 0 Å². The van der Waals surface area contributed by atoms with E-state index in [-0.39, 0.29) is 13.2 Å². The number of nitrogens with one attached hydrogen (secondary N) is 1. The lowest BCUT2D eigenvalue weighted by molar-refractivity contribution is -0.143. The molecule has 2 aromatic rings. The maximum atomic E-state index is 11.5. The molecule has 1 amide bonds. The standard InChI is InChI=1S/C16H14ClNO4/c17-13-6-3-12(4-7-13)5-8-16(20)22-11-15(19)18-10-14-2-1-9-21-14/h1-9H,10-11H2,(H,18,19)/b8-5+. The SMILES string of the molecule is O=C(COC(=O)/C=C/c1ccc(Cl)cc1)NCc1ccco1. The Labute approximate surface area is 132 Å². The average molecular weight is 320 g/mol. The number of rotatable bonds is 6. The van der Waals surface area contributed by atoms with Gasteiger partial charge in [-0.1, -0.05) is 23.7 Å². The second kappa shape index (κ2) is 8.05. The van der Waals surface area contributed by atoms with Crippen molar-refractivity contribution in [2.75, 3.05) is 6.61 Å². The molecule has 1 aromatic heterocycles. The van der Waals surface area contributed by atoms with E-state index in [4.69, 9.17) is 20.8 Å². The van der Waals surface area contributed by atoms with Crippen LogP contribution in [0.25, 0.3) is 6.08 Å². The number of benzene rings is 1. The average Bonchev–Trinajstić information content (AvgIpc) is 3.04. The van der Waals surface area contributed by atoms with Crippen LogP contribution < -0.4 is 5.32 Å². The van der Waals surface area contributed by atoms with Crippen LogP contribution in [0.3, 0.4) is 0 Å². The number of halogens is 1. The molecule has 22 heavy (non-hydrogen) atoms. The lowest BCUT2D eigenvalue weighted by Gasteiger charge is -2.03. The van der Waals surface area contributed by atoms with E-state index >= 15 is 0 Å². The summed E-state index contributed by atoms with van der Waals surface area (Å²) in [6.07, 6.45) is 4.35. The quantitative estimate of drug-likeness (QED) is 0.656. The monoisotopic (exact) mass is 319 g/mol. The van der Waals surface area contributed by atoms with Crippen molar-refractivity contribution in [1.82, 2.24) is 5.32 Å². The van der Waals surface area contributed by atoms with Gasteiger partial charge >= 0.3 is 5.97 Å². The Morgan fingerprint density at radius 2 is 2.00 bits per heavy atom. The molecule has 0 saturated heterocycles. The van der Waals surface area contributed by atoms with Gasteiger partial charge in [0.2, 0.25) is 0 Å². The van der Waals surface area contributed by atoms with E-state index in [2.05, 4.69) is 5.32 Å². The van der Waals surface area contributed by atoms with Crippen LogP contribution in [-0.4, -0.2) is 18.5 Å². The zero-order valence-electron chi connectivity index (χ0n) is 11.6. The Bertz CT molecular complexity index is 647. The van der Waals surface area contributed by atoms with E-state index in [1.165, 1.54) is 12.3 Å². The van der Waals surface area contributed by atoms with Gasteiger partial charge in [-0.15, -0.1) is 0 Å². The van der Waals surface area contributed by atoms with E-state index in [0.29, 0.717) is 10.8 Å². The molecule has 0 saturated carbocycles. The van der Waals surface area contributed by atoms with E-state index in [0.717, 1.165) is 5.56 Å². The van der Waals surface area contributed by atoms with Gasteiger partial charge in [0.15, 0.2) is 6.61 Å². The first-order chi connectivity index (χ1) is 10.6. The normalized spacial score (nSPS) is 10.6. The fourth-order valence-corrected chi connectivity index (χ4v) is 1.70. The Morgan fingerprint density at radius 1 is 1.23 bits per heavy atom. The number of amides is 1. The first-order valence-corrected chi connectivity index (χ1v) is 6.91. The van der Waals surface area contributed by atoms with E-state index < -0.39 is 11.9 Å². The lowest BCUT2D eigenvalue weighted by Crippen LogP contribution is -2.27. The highest BCUT2D eigenvalue weighted by Gasteiger charge is 2.05. The molecule has 114 valence electrons. The van der Waals surface area contributed by atoms with Crippen LogP contribution in [0.4, 0.5) is 0 Å². The van der Waals surface area contributed by atoms with Gasteiger partial charge in [-0.3, -0.25) is 4.79 Å². The number of esters is 1. The van der Waals surface area contributed by atoms with Crippen LogP contribution in [0.5, 0.6) is 0 Å². The second-order valence-corrected chi connectivity index (χ2v) is 4.79. The zero-order chi connectivity index (χ0) is 15.8. The van der Waals surface area contributed by atoms with Gasteiger partial charge in [-0.2, -0.15) is 0 Å². The summed E-state index contributed by atoms with van der Waals surface area (Å²) in [5.74, 6) is -0.366. The smallest absolute Gasteiger partial charge is 0.331 e. The molecule has 0 aliphatic rings. The van der Waals surface area contributed by atoms with Crippen LogP contribution in [0.2, 0.25) is 5.02 Å². The molecule has 0 aliphatic heterocycles. The molecule has 5 nitrogen and oxygen atoms in total. The highest BCUT2D eigenvalue weighted by Crippen LogP contribution is 2.10. The van der Waals surface area contributed by atoms with Crippen molar-refractivity contribution >= 4 is 29.6 Å². The predicted octanol–water partition coefficient (Wildman–Crippen LogP) is 2.81. The van der Waals surface area contributed by atoms with Crippen LogP contribution >= 0.6 is 11.6 Å². The molecule has 1 aromatic carbocycles. The third-order valence-corrected chi connectivity index (χ3v) is 2.92. The number of carbonyl (C=O) groups is 2. The van der Waals surface area contributed by atoms with Crippen LogP contribution in [0.1, 0.15) is 11.3 Å². The van der Waals surface area contributed by atoms with Gasteiger partial charge in [-0.25, -0.2) is 4.79 Å². The minimum atomic E-state index is -0.594. The van der Waals surface area contributed by atoms with Crippen molar-refractivity contribution < 1.29 is 18.7 Å². The summed E-state index contributed by atoms with van der Waals surface area (Å²) in [7, 11) is 0. The van der Waals surface area contributed by atoms with E-state index in [9.17, 15) is 9.59 Å². The molecule has 1 N–H and O–H groups in total. The Balaban J connectivity index is 1.70. The highest BCUT2D eigenvalue weighted by molar-refractivity contribution is 6.30. The summed E-state index contributed by atoms with van der Waals surface area (Å²) in [6.45, 7) is -0.0888. The molecule has 0 aliphatic carbocycles. The molecule has 0 spiro atoms. The number of hydrogen-bond donors (Lipinski definition) is 1. The first kappa shape index (κ1) is 15.9. The van der Waals surface area contributed by atoms with Gasteiger partial charge in [0.05, 0.1) is 12.8 Å². The van der Waals surface area contributed by atoms with Gasteiger partial charge < -0.3 is 14.5 Å². The van der Waals surface area contributed by atoms with Crippen molar-refractivity contribution in [3.63, 3.8) is 0 Å². The molecule has 2 rings (SSSR count). The molecule has 0 unspecified atom stereocenters. The summed E-state index contributed by atoms with van der Waals surface area (Å²) in [4.78, 5) is 23.0. The molecule has 0 bridgehead atoms. The molecular formula is C16H14ClNO4. The number of carbonyl (C=O) groups excluding carboxylic acids is 2. The molecule has 1 heterocycles. The van der Waals surface area contributed by atoms with Gasteiger partial charge in [0.25, 0.3) is 5.91 Å². The first-order valence-electron chi connectivity index (χ1n) is 6.53. The number of furan rings is 1. The highest BCUT2D eigenvalue weighted by atomic mass is 35.5. The van der Waals surface area contributed by atoms with Crippen LogP contribution in [0, 0.1) is 0 Å². The third-order valence-electron chi connectivity index (χ3n) is 2.67. The summed E-state index contributed by atoms with van der Waals surface area (Å²) in [6, 6.07) is 10.4. The van der Waals surface area contributed by atoms with Gasteiger partial charge in [0.1, 0.15) is 5.76 Å². The summed E-state index contributed by atoms with van der Waals surface area (Å²) in [5.41, 5.74) is 0.809. The topological polar surface area (TPSA) is 68.5 Å². The Hall–Kier alpha value is -2.53. The van der Waals surface area contributed by atoms with Gasteiger partial charge in [-0.05, 0) is 35.9 Å². The Morgan fingerprint density at radius 3 is 2.68 bits per heavy atom. The molecular weight excluding hydrogens is 306 g/mol. The predicted molar refractivity (Wildman–Crippen MR) is 82.0 cm³/mol. The van der Waals surface area contributed by atoms with Crippen LogP contribution in [0.15, 0.2) is 53.2 Å². The van der Waals surface area contributed by atoms with E-state index in [1.54, 1.807) is 42.5 Å². The minimum Gasteiger partial charge on any atom is -0.467 e. The zero-order valence-corrected chi connectivity index (χ0v) is 12.4. The molecule has 6 heteroatoms. The summed E-state index contributed by atoms with van der Waals surface area (Å²) >= 11 is 5.76.